The SMILES string of the molecule is C[C@@H]1CCC[C@H](C)N1CCCCCN1C(=O)C(C2CCCC(N)C2)Sc2ccccc21. The summed E-state index contributed by atoms with van der Waals surface area (Å²) in [7, 11) is 0. The lowest BCUT2D eigenvalue weighted by atomic mass is 9.83. The van der Waals surface area contributed by atoms with Crippen molar-refractivity contribution in [2.45, 2.75) is 106 Å². The normalized spacial score (nSPS) is 32.2. The molecule has 1 saturated carbocycles. The van der Waals surface area contributed by atoms with E-state index >= 15 is 0 Å². The predicted octanol–water partition coefficient (Wildman–Crippen LogP) is 5.44. The maximum atomic E-state index is 13.5. The van der Waals surface area contributed by atoms with Crippen LogP contribution < -0.4 is 10.6 Å². The van der Waals surface area contributed by atoms with Gasteiger partial charge in [-0.05, 0) is 83.4 Å². The van der Waals surface area contributed by atoms with Crippen LogP contribution in [0.1, 0.15) is 78.1 Å². The smallest absolute Gasteiger partial charge is 0.240 e. The molecule has 2 N–H and O–H groups in total. The quantitative estimate of drug-likeness (QED) is 0.570. The lowest BCUT2D eigenvalue weighted by molar-refractivity contribution is -0.119. The van der Waals surface area contributed by atoms with Crippen LogP contribution >= 0.6 is 11.8 Å². The van der Waals surface area contributed by atoms with Gasteiger partial charge < -0.3 is 10.6 Å². The minimum absolute atomic E-state index is 0.0382. The Hall–Kier alpha value is -1.04. The molecule has 3 aliphatic rings. The maximum Gasteiger partial charge on any atom is 0.240 e. The number of amides is 1. The third-order valence-corrected chi connectivity index (χ3v) is 9.22. The number of carbonyl (C=O) groups excluding carboxylic acids is 1. The monoisotopic (exact) mass is 443 g/mol. The second kappa shape index (κ2) is 10.7. The zero-order chi connectivity index (χ0) is 21.8. The third kappa shape index (κ3) is 5.48. The van der Waals surface area contributed by atoms with E-state index in [9.17, 15) is 4.79 Å². The molecule has 1 amide bonds. The Bertz CT molecular complexity index is 731. The van der Waals surface area contributed by atoms with Crippen LogP contribution in [0.2, 0.25) is 0 Å². The lowest BCUT2D eigenvalue weighted by Gasteiger charge is -2.40. The number of thioether (sulfide) groups is 1. The van der Waals surface area contributed by atoms with Gasteiger partial charge >= 0.3 is 0 Å². The Labute approximate surface area is 193 Å². The highest BCUT2D eigenvalue weighted by Crippen LogP contribution is 2.44. The molecule has 31 heavy (non-hydrogen) atoms. The fourth-order valence-corrected chi connectivity index (χ4v) is 7.36. The number of rotatable bonds is 7. The molecule has 1 aromatic rings. The number of anilines is 1. The van der Waals surface area contributed by atoms with Gasteiger partial charge in [0.25, 0.3) is 0 Å². The molecule has 0 radical (unpaired) electrons. The van der Waals surface area contributed by atoms with E-state index in [0.717, 1.165) is 56.4 Å². The summed E-state index contributed by atoms with van der Waals surface area (Å²) in [5.41, 5.74) is 7.38. The van der Waals surface area contributed by atoms with Crippen molar-refractivity contribution in [3.05, 3.63) is 24.3 Å². The Morgan fingerprint density at radius 2 is 1.68 bits per heavy atom. The van der Waals surface area contributed by atoms with Crippen molar-refractivity contribution in [3.8, 4) is 0 Å². The summed E-state index contributed by atoms with van der Waals surface area (Å²) in [6.07, 6.45) is 12.0. The van der Waals surface area contributed by atoms with Crippen LogP contribution in [0.5, 0.6) is 0 Å². The maximum absolute atomic E-state index is 13.5. The van der Waals surface area contributed by atoms with Gasteiger partial charge in [-0.3, -0.25) is 9.69 Å². The van der Waals surface area contributed by atoms with E-state index in [1.807, 2.05) is 0 Å². The summed E-state index contributed by atoms with van der Waals surface area (Å²) >= 11 is 1.79. The summed E-state index contributed by atoms with van der Waals surface area (Å²) in [5, 5.41) is 0.0382. The minimum atomic E-state index is 0.0382. The number of hydrogen-bond donors (Lipinski definition) is 1. The zero-order valence-corrected chi connectivity index (χ0v) is 20.3. The van der Waals surface area contributed by atoms with Gasteiger partial charge in [-0.2, -0.15) is 0 Å². The van der Waals surface area contributed by atoms with Crippen molar-refractivity contribution < 1.29 is 4.79 Å². The van der Waals surface area contributed by atoms with Crippen molar-refractivity contribution in [2.24, 2.45) is 11.7 Å². The van der Waals surface area contributed by atoms with E-state index < -0.39 is 0 Å². The molecule has 2 aliphatic heterocycles. The van der Waals surface area contributed by atoms with Gasteiger partial charge in [-0.15, -0.1) is 11.8 Å². The molecule has 4 rings (SSSR count). The summed E-state index contributed by atoms with van der Waals surface area (Å²) in [6.45, 7) is 6.81. The highest BCUT2D eigenvalue weighted by molar-refractivity contribution is 8.01. The van der Waals surface area contributed by atoms with Gasteiger partial charge in [0, 0.05) is 29.6 Å². The van der Waals surface area contributed by atoms with E-state index in [-0.39, 0.29) is 11.3 Å². The molecule has 0 spiro atoms. The van der Waals surface area contributed by atoms with Crippen LogP contribution in [0, 0.1) is 5.92 Å². The number of likely N-dealkylation sites (tertiary alicyclic amines) is 1. The first kappa shape index (κ1) is 23.1. The van der Waals surface area contributed by atoms with Crippen LogP contribution in [0.25, 0.3) is 0 Å². The molecule has 0 aromatic heterocycles. The second-order valence-electron chi connectivity index (χ2n) is 10.1. The second-order valence-corrected chi connectivity index (χ2v) is 11.3. The number of unbranched alkanes of at least 4 members (excludes halogenated alkanes) is 2. The molecule has 3 unspecified atom stereocenters. The summed E-state index contributed by atoms with van der Waals surface area (Å²) in [6, 6.07) is 10.2. The van der Waals surface area contributed by atoms with Crippen molar-refractivity contribution in [3.63, 3.8) is 0 Å². The van der Waals surface area contributed by atoms with Crippen LogP contribution in [0.3, 0.4) is 0 Å². The molecule has 1 aliphatic carbocycles. The standard InChI is InChI=1S/C26H41N3OS/c1-19-10-8-11-20(2)28(19)16-6-3-7-17-29-23-14-4-5-15-24(23)31-25(26(29)30)21-12-9-13-22(27)18-21/h4-5,14-15,19-22,25H,3,6-13,16-18,27H2,1-2H3/t19-,20+,21?,22?,25?. The van der Waals surface area contributed by atoms with Crippen molar-refractivity contribution in [2.75, 3.05) is 18.0 Å². The number of piperidine rings is 1. The first-order valence-electron chi connectivity index (χ1n) is 12.6. The van der Waals surface area contributed by atoms with Gasteiger partial charge in [0.15, 0.2) is 0 Å². The van der Waals surface area contributed by atoms with Gasteiger partial charge in [0.05, 0.1) is 10.9 Å². The molecular weight excluding hydrogens is 402 g/mol. The van der Waals surface area contributed by atoms with Crippen LogP contribution in [0.4, 0.5) is 5.69 Å². The summed E-state index contributed by atoms with van der Waals surface area (Å²) in [5.74, 6) is 0.736. The Morgan fingerprint density at radius 3 is 2.45 bits per heavy atom. The largest absolute Gasteiger partial charge is 0.328 e. The topological polar surface area (TPSA) is 49.6 Å². The Morgan fingerprint density at radius 1 is 0.968 bits per heavy atom. The number of carbonyl (C=O) groups is 1. The molecule has 0 bridgehead atoms. The minimum Gasteiger partial charge on any atom is -0.328 e. The molecule has 5 atom stereocenters. The number of hydrogen-bond acceptors (Lipinski definition) is 4. The van der Waals surface area contributed by atoms with E-state index in [1.54, 1.807) is 11.8 Å². The van der Waals surface area contributed by atoms with E-state index in [0.29, 0.717) is 11.8 Å². The molecule has 1 saturated heterocycles. The average molecular weight is 444 g/mol. The highest BCUT2D eigenvalue weighted by atomic mass is 32.2. The molecule has 2 fully saturated rings. The molecule has 5 heteroatoms. The molecule has 4 nitrogen and oxygen atoms in total. The van der Waals surface area contributed by atoms with Crippen LogP contribution in [0.15, 0.2) is 29.2 Å². The van der Waals surface area contributed by atoms with Gasteiger partial charge in [-0.25, -0.2) is 0 Å². The number of benzene rings is 1. The van der Waals surface area contributed by atoms with E-state index in [4.69, 9.17) is 5.73 Å². The summed E-state index contributed by atoms with van der Waals surface area (Å²) < 4.78 is 0. The highest BCUT2D eigenvalue weighted by Gasteiger charge is 2.39. The van der Waals surface area contributed by atoms with E-state index in [2.05, 4.69) is 47.9 Å². The molecule has 1 aromatic carbocycles. The van der Waals surface area contributed by atoms with Crippen LogP contribution in [-0.4, -0.2) is 47.3 Å². The van der Waals surface area contributed by atoms with Gasteiger partial charge in [-0.1, -0.05) is 31.4 Å². The predicted molar refractivity (Wildman–Crippen MR) is 132 cm³/mol. The fourth-order valence-electron chi connectivity index (χ4n) is 5.97. The number of nitrogens with two attached hydrogens (primary N) is 1. The molecule has 2 heterocycles. The summed E-state index contributed by atoms with van der Waals surface area (Å²) in [4.78, 5) is 19.6. The van der Waals surface area contributed by atoms with Crippen molar-refractivity contribution in [1.29, 1.82) is 0 Å². The van der Waals surface area contributed by atoms with E-state index in [1.165, 1.54) is 43.5 Å². The molecule has 172 valence electrons. The van der Waals surface area contributed by atoms with Gasteiger partial charge in [0.2, 0.25) is 5.91 Å². The van der Waals surface area contributed by atoms with Gasteiger partial charge in [0.1, 0.15) is 0 Å². The van der Waals surface area contributed by atoms with Crippen LogP contribution in [-0.2, 0) is 4.79 Å². The van der Waals surface area contributed by atoms with Crippen molar-refractivity contribution >= 4 is 23.4 Å². The third-order valence-electron chi connectivity index (χ3n) is 7.78. The number of nitrogens with zero attached hydrogens (tertiary/aromatic N) is 2. The number of fused-ring (bicyclic) bond motifs is 1. The zero-order valence-electron chi connectivity index (χ0n) is 19.5. The average Bonchev–Trinajstić information content (AvgIpc) is 2.76. The first-order chi connectivity index (χ1) is 15.0. The molecular formula is C26H41N3OS. The number of para-hydroxylation sites is 1. The lowest BCUT2D eigenvalue weighted by Crippen LogP contribution is -2.46. The first-order valence-corrected chi connectivity index (χ1v) is 13.5. The van der Waals surface area contributed by atoms with Crippen molar-refractivity contribution in [1.82, 2.24) is 4.90 Å². The Balaban J connectivity index is 1.34. The fraction of sp³-hybridized carbons (Fsp3) is 0.731. The Kier molecular flexibility index (Phi) is 8.00.